The van der Waals surface area contributed by atoms with Crippen molar-refractivity contribution in [1.82, 2.24) is 0 Å². The van der Waals surface area contributed by atoms with Crippen LogP contribution in [0.5, 0.6) is 0 Å². The second-order valence-corrected chi connectivity index (χ2v) is 14.5. The van der Waals surface area contributed by atoms with Crippen LogP contribution in [0.15, 0.2) is 36.5 Å². The Morgan fingerprint density at radius 1 is 0.593 bits per heavy atom. The van der Waals surface area contributed by atoms with Gasteiger partial charge in [0.05, 0.1) is 6.61 Å². The first-order chi connectivity index (χ1) is 26.2. The molecule has 0 spiro atoms. The predicted molar refractivity (Wildman–Crippen MR) is 211 cm³/mol. The van der Waals surface area contributed by atoms with E-state index in [1.165, 1.54) is 57.8 Å². The molecule has 11 heteroatoms. The first kappa shape index (κ1) is 49.4. The van der Waals surface area contributed by atoms with Crippen molar-refractivity contribution in [2.45, 2.75) is 205 Å². The van der Waals surface area contributed by atoms with Gasteiger partial charge in [0, 0.05) is 12.8 Å². The highest BCUT2D eigenvalue weighted by atomic mass is 16.7. The van der Waals surface area contributed by atoms with Crippen LogP contribution in [-0.4, -0.2) is 88.4 Å². The Bertz CT molecular complexity index is 1040. The Hall–Kier alpha value is -2.57. The molecule has 0 bridgehead atoms. The minimum atomic E-state index is -1.86. The van der Waals surface area contributed by atoms with E-state index in [1.54, 1.807) is 0 Å². The Morgan fingerprint density at radius 2 is 1.09 bits per heavy atom. The zero-order valence-corrected chi connectivity index (χ0v) is 33.5. The highest BCUT2D eigenvalue weighted by Gasteiger charge is 2.47. The molecule has 1 heterocycles. The maximum Gasteiger partial charge on any atom is 0.335 e. The van der Waals surface area contributed by atoms with Crippen LogP contribution in [0, 0.1) is 0 Å². The number of hydrogen-bond acceptors (Lipinski definition) is 10. The lowest BCUT2D eigenvalue weighted by Gasteiger charge is -2.38. The number of rotatable bonds is 34. The van der Waals surface area contributed by atoms with E-state index in [0.29, 0.717) is 12.8 Å². The molecule has 1 aliphatic rings. The van der Waals surface area contributed by atoms with Crippen molar-refractivity contribution in [3.05, 3.63) is 36.5 Å². The Kier molecular flexibility index (Phi) is 30.9. The van der Waals surface area contributed by atoms with E-state index in [0.717, 1.165) is 70.6 Å². The average Bonchev–Trinajstić information content (AvgIpc) is 3.15. The summed E-state index contributed by atoms with van der Waals surface area (Å²) in [7, 11) is 0. The van der Waals surface area contributed by atoms with E-state index < -0.39 is 61.3 Å². The van der Waals surface area contributed by atoms with Gasteiger partial charge in [0.1, 0.15) is 24.9 Å². The maximum atomic E-state index is 12.7. The van der Waals surface area contributed by atoms with Crippen LogP contribution in [-0.2, 0) is 33.3 Å². The Labute approximate surface area is 325 Å². The first-order valence-corrected chi connectivity index (χ1v) is 21.0. The molecule has 54 heavy (non-hydrogen) atoms. The van der Waals surface area contributed by atoms with Gasteiger partial charge in [0.25, 0.3) is 0 Å². The summed E-state index contributed by atoms with van der Waals surface area (Å²) < 4.78 is 21.7. The molecular formula is C43H74O11. The standard InChI is InChI=1S/C43H74O11/c1-3-5-7-9-11-13-15-17-18-20-21-23-25-27-29-31-36(44)51-33-35(34-52-43-40(48)38(46)39(47)41(54-43)42(49)50)53-37(45)32-30-28-26-24-22-19-16-14-12-10-8-6-4-2/h5,7,11,13,17-18,35,38-41,43,46-48H,3-4,6,8-10,12,14-16,19-34H2,1-2H3,(H,49,50)/b7-5-,13-11-,18-17-/t35-,38?,39+,40?,41?,43+/m1/s1. The Morgan fingerprint density at radius 3 is 1.65 bits per heavy atom. The van der Waals surface area contributed by atoms with Gasteiger partial charge >= 0.3 is 17.9 Å². The van der Waals surface area contributed by atoms with Crippen LogP contribution in [0.3, 0.4) is 0 Å². The number of carboxylic acid groups (broad SMARTS) is 1. The van der Waals surface area contributed by atoms with Gasteiger partial charge in [-0.3, -0.25) is 9.59 Å². The summed E-state index contributed by atoms with van der Waals surface area (Å²) in [6.07, 6.45) is 27.7. The summed E-state index contributed by atoms with van der Waals surface area (Å²) in [5.41, 5.74) is 0. The SMILES string of the molecule is CC/C=C\C/C=C\C/C=C\CCCCCCCC(=O)OC[C@H](CO[C@H]1OC(C(=O)O)[C@@H](O)C(O)C1O)OC(=O)CCCCCCCCCCCCCCC. The van der Waals surface area contributed by atoms with Gasteiger partial charge in [-0.05, 0) is 44.9 Å². The molecule has 0 amide bonds. The maximum absolute atomic E-state index is 12.7. The number of hydrogen-bond donors (Lipinski definition) is 4. The smallest absolute Gasteiger partial charge is 0.335 e. The van der Waals surface area contributed by atoms with Crippen LogP contribution < -0.4 is 0 Å². The second kappa shape index (κ2) is 33.7. The largest absolute Gasteiger partial charge is 0.479 e. The third-order valence-corrected chi connectivity index (χ3v) is 9.50. The topological polar surface area (TPSA) is 169 Å². The zero-order valence-electron chi connectivity index (χ0n) is 33.5. The van der Waals surface area contributed by atoms with E-state index in [2.05, 4.69) is 50.3 Å². The minimum Gasteiger partial charge on any atom is -0.479 e. The molecular weight excluding hydrogens is 692 g/mol. The molecule has 1 aliphatic heterocycles. The summed E-state index contributed by atoms with van der Waals surface area (Å²) in [6, 6.07) is 0. The number of unbranched alkanes of at least 4 members (excludes halogenated alkanes) is 17. The van der Waals surface area contributed by atoms with Crippen LogP contribution >= 0.6 is 0 Å². The molecule has 1 saturated heterocycles. The fourth-order valence-electron chi connectivity index (χ4n) is 6.19. The number of carbonyl (C=O) groups excluding carboxylic acids is 2. The highest BCUT2D eigenvalue weighted by molar-refractivity contribution is 5.73. The summed E-state index contributed by atoms with van der Waals surface area (Å²) in [4.78, 5) is 36.7. The van der Waals surface area contributed by atoms with Crippen molar-refractivity contribution in [2.24, 2.45) is 0 Å². The van der Waals surface area contributed by atoms with Crippen molar-refractivity contribution >= 4 is 17.9 Å². The lowest BCUT2D eigenvalue weighted by atomic mass is 9.99. The van der Waals surface area contributed by atoms with Crippen LogP contribution in [0.4, 0.5) is 0 Å². The zero-order chi connectivity index (χ0) is 39.7. The van der Waals surface area contributed by atoms with E-state index in [-0.39, 0.29) is 19.4 Å². The summed E-state index contributed by atoms with van der Waals surface area (Å²) in [5, 5.41) is 39.7. The fourth-order valence-corrected chi connectivity index (χ4v) is 6.19. The molecule has 0 aliphatic carbocycles. The monoisotopic (exact) mass is 767 g/mol. The van der Waals surface area contributed by atoms with Gasteiger partial charge in [0.15, 0.2) is 18.5 Å². The van der Waals surface area contributed by atoms with Gasteiger partial charge < -0.3 is 39.4 Å². The van der Waals surface area contributed by atoms with Crippen LogP contribution in [0.25, 0.3) is 0 Å². The van der Waals surface area contributed by atoms with E-state index in [1.807, 2.05) is 0 Å². The number of esters is 2. The number of carboxylic acids is 1. The van der Waals surface area contributed by atoms with Crippen molar-refractivity contribution in [2.75, 3.05) is 13.2 Å². The highest BCUT2D eigenvalue weighted by Crippen LogP contribution is 2.23. The Balaban J connectivity index is 2.41. The predicted octanol–water partition coefficient (Wildman–Crippen LogP) is 8.42. The summed E-state index contributed by atoms with van der Waals surface area (Å²) >= 11 is 0. The number of aliphatic carboxylic acids is 1. The number of aliphatic hydroxyl groups is 3. The van der Waals surface area contributed by atoms with Crippen LogP contribution in [0.2, 0.25) is 0 Å². The van der Waals surface area contributed by atoms with Gasteiger partial charge in [-0.1, -0.05) is 147 Å². The van der Waals surface area contributed by atoms with E-state index in [4.69, 9.17) is 18.9 Å². The fraction of sp³-hybridized carbons (Fsp3) is 0.791. The quantitative estimate of drug-likeness (QED) is 0.0282. The summed E-state index contributed by atoms with van der Waals surface area (Å²) in [5.74, 6) is -2.46. The molecule has 0 radical (unpaired) electrons. The first-order valence-electron chi connectivity index (χ1n) is 21.0. The van der Waals surface area contributed by atoms with Crippen molar-refractivity contribution in [3.8, 4) is 0 Å². The lowest BCUT2D eigenvalue weighted by molar-refractivity contribution is -0.298. The molecule has 4 N–H and O–H groups in total. The molecule has 1 fully saturated rings. The summed E-state index contributed by atoms with van der Waals surface area (Å²) in [6.45, 7) is 3.67. The van der Waals surface area contributed by atoms with Crippen molar-refractivity contribution in [1.29, 1.82) is 0 Å². The third kappa shape index (κ3) is 25.5. The molecule has 1 rings (SSSR count). The molecule has 6 atom stereocenters. The van der Waals surface area contributed by atoms with E-state index >= 15 is 0 Å². The molecule has 3 unspecified atom stereocenters. The van der Waals surface area contributed by atoms with Crippen molar-refractivity contribution < 1.29 is 53.8 Å². The number of aliphatic hydroxyl groups excluding tert-OH is 3. The van der Waals surface area contributed by atoms with Gasteiger partial charge in [0.2, 0.25) is 0 Å². The molecule has 0 aromatic rings. The third-order valence-electron chi connectivity index (χ3n) is 9.50. The van der Waals surface area contributed by atoms with Crippen molar-refractivity contribution in [3.63, 3.8) is 0 Å². The van der Waals surface area contributed by atoms with Gasteiger partial charge in [-0.15, -0.1) is 0 Å². The number of allylic oxidation sites excluding steroid dienone is 6. The molecule has 0 aromatic heterocycles. The lowest BCUT2D eigenvalue weighted by Crippen LogP contribution is -2.60. The average molecular weight is 767 g/mol. The molecule has 0 aromatic carbocycles. The van der Waals surface area contributed by atoms with Crippen LogP contribution in [0.1, 0.15) is 168 Å². The number of ether oxygens (including phenoxy) is 4. The normalized spacial score (nSPS) is 20.9. The van der Waals surface area contributed by atoms with Gasteiger partial charge in [-0.25, -0.2) is 4.79 Å². The van der Waals surface area contributed by atoms with E-state index in [9.17, 15) is 34.8 Å². The molecule has 11 nitrogen and oxygen atoms in total. The molecule has 312 valence electrons. The minimum absolute atomic E-state index is 0.181. The molecule has 0 saturated carbocycles. The second-order valence-electron chi connectivity index (χ2n) is 14.5. The van der Waals surface area contributed by atoms with Gasteiger partial charge in [-0.2, -0.15) is 0 Å². The number of carbonyl (C=O) groups is 3.